The van der Waals surface area contributed by atoms with Gasteiger partial charge in [-0.25, -0.2) is 0 Å². The zero-order valence-corrected chi connectivity index (χ0v) is 12.6. The number of benzene rings is 1. The van der Waals surface area contributed by atoms with Crippen LogP contribution in [0.4, 0.5) is 5.69 Å². The van der Waals surface area contributed by atoms with E-state index in [-0.39, 0.29) is 6.10 Å². The summed E-state index contributed by atoms with van der Waals surface area (Å²) < 4.78 is 5.41. The molecule has 1 saturated heterocycles. The second-order valence-corrected chi connectivity index (χ2v) is 5.26. The van der Waals surface area contributed by atoms with Crippen LogP contribution in [0, 0.1) is 6.92 Å². The first-order valence-corrected chi connectivity index (χ1v) is 7.41. The molecule has 1 aliphatic rings. The third-order valence-electron chi connectivity index (χ3n) is 3.70. The number of amides is 2. The van der Waals surface area contributed by atoms with Crippen molar-refractivity contribution in [3.8, 4) is 0 Å². The Morgan fingerprint density at radius 2 is 2.14 bits per heavy atom. The predicted octanol–water partition coefficient (Wildman–Crippen LogP) is 1.79. The van der Waals surface area contributed by atoms with E-state index in [1.165, 1.54) is 0 Å². The third-order valence-corrected chi connectivity index (χ3v) is 3.70. The van der Waals surface area contributed by atoms with E-state index < -0.39 is 11.8 Å². The van der Waals surface area contributed by atoms with E-state index in [1.54, 1.807) is 0 Å². The molecule has 1 unspecified atom stereocenters. The normalized spacial score (nSPS) is 17.5. The van der Waals surface area contributed by atoms with E-state index in [0.717, 1.165) is 42.7 Å². The quantitative estimate of drug-likeness (QED) is 0.831. The summed E-state index contributed by atoms with van der Waals surface area (Å²) in [6, 6.07) is 5.81. The number of ether oxygens (including phenoxy) is 1. The molecule has 5 heteroatoms. The van der Waals surface area contributed by atoms with Gasteiger partial charge >= 0.3 is 11.8 Å². The summed E-state index contributed by atoms with van der Waals surface area (Å²) in [5, 5.41) is 5.34. The molecule has 0 bridgehead atoms. The Morgan fingerprint density at radius 1 is 1.33 bits per heavy atom. The molecule has 21 heavy (non-hydrogen) atoms. The summed E-state index contributed by atoms with van der Waals surface area (Å²) >= 11 is 0. The van der Waals surface area contributed by atoms with Gasteiger partial charge in [-0.15, -0.1) is 0 Å². The lowest BCUT2D eigenvalue weighted by Gasteiger charge is -2.14. The van der Waals surface area contributed by atoms with Crippen molar-refractivity contribution in [1.82, 2.24) is 5.32 Å². The Bertz CT molecular complexity index is 522. The van der Waals surface area contributed by atoms with Crippen molar-refractivity contribution in [2.45, 2.75) is 39.2 Å². The average molecular weight is 290 g/mol. The Labute approximate surface area is 125 Å². The van der Waals surface area contributed by atoms with Crippen molar-refractivity contribution in [2.24, 2.45) is 0 Å². The molecule has 0 spiro atoms. The maximum Gasteiger partial charge on any atom is 0.313 e. The van der Waals surface area contributed by atoms with Crippen LogP contribution in [-0.2, 0) is 20.7 Å². The van der Waals surface area contributed by atoms with Crippen LogP contribution in [0.15, 0.2) is 18.2 Å². The zero-order valence-electron chi connectivity index (χ0n) is 12.6. The van der Waals surface area contributed by atoms with Gasteiger partial charge in [0.1, 0.15) is 0 Å². The Balaban J connectivity index is 1.92. The maximum atomic E-state index is 12.0. The molecule has 2 N–H and O–H groups in total. The molecule has 2 amide bonds. The minimum absolute atomic E-state index is 0.0337. The molecule has 5 nitrogen and oxygen atoms in total. The summed E-state index contributed by atoms with van der Waals surface area (Å²) in [5.74, 6) is -1.24. The molecule has 1 aliphatic heterocycles. The highest BCUT2D eigenvalue weighted by Crippen LogP contribution is 2.20. The number of hydrogen-bond donors (Lipinski definition) is 2. The Kier molecular flexibility index (Phi) is 5.33. The highest BCUT2D eigenvalue weighted by atomic mass is 16.5. The first kappa shape index (κ1) is 15.5. The summed E-state index contributed by atoms with van der Waals surface area (Å²) in [5.41, 5.74) is 2.71. The lowest BCUT2D eigenvalue weighted by molar-refractivity contribution is -0.136. The monoisotopic (exact) mass is 290 g/mol. The number of para-hydroxylation sites is 1. The van der Waals surface area contributed by atoms with Gasteiger partial charge in [0.2, 0.25) is 0 Å². The Morgan fingerprint density at radius 3 is 2.81 bits per heavy atom. The van der Waals surface area contributed by atoms with E-state index in [1.807, 2.05) is 32.0 Å². The SMILES string of the molecule is CCc1cccc(C)c1NC(=O)C(=O)NCC1CCCO1. The molecule has 1 atom stereocenters. The van der Waals surface area contributed by atoms with Gasteiger partial charge < -0.3 is 15.4 Å². The number of aryl methyl sites for hydroxylation is 2. The standard InChI is InChI=1S/C16H22N2O3/c1-3-12-7-4-6-11(2)14(12)18-16(20)15(19)17-10-13-8-5-9-21-13/h4,6-7,13H,3,5,8-10H2,1-2H3,(H,17,19)(H,18,20). The molecule has 0 aliphatic carbocycles. The van der Waals surface area contributed by atoms with E-state index >= 15 is 0 Å². The summed E-state index contributed by atoms with van der Waals surface area (Å²) in [7, 11) is 0. The molecule has 1 aromatic carbocycles. The van der Waals surface area contributed by atoms with Crippen molar-refractivity contribution in [3.05, 3.63) is 29.3 Å². The van der Waals surface area contributed by atoms with Crippen molar-refractivity contribution in [3.63, 3.8) is 0 Å². The van der Waals surface area contributed by atoms with Gasteiger partial charge in [0.15, 0.2) is 0 Å². The van der Waals surface area contributed by atoms with Gasteiger partial charge in [0.05, 0.1) is 6.10 Å². The van der Waals surface area contributed by atoms with Gasteiger partial charge in [0.25, 0.3) is 0 Å². The van der Waals surface area contributed by atoms with Gasteiger partial charge in [-0.1, -0.05) is 25.1 Å². The minimum Gasteiger partial charge on any atom is -0.376 e. The summed E-state index contributed by atoms with van der Waals surface area (Å²) in [6.07, 6.45) is 2.77. The first-order chi connectivity index (χ1) is 10.1. The number of anilines is 1. The van der Waals surface area contributed by atoms with Crippen molar-refractivity contribution in [1.29, 1.82) is 0 Å². The number of carbonyl (C=O) groups is 2. The summed E-state index contributed by atoms with van der Waals surface area (Å²) in [4.78, 5) is 23.8. The molecule has 0 aromatic heterocycles. The van der Waals surface area contributed by atoms with Gasteiger partial charge in [0, 0.05) is 18.8 Å². The number of nitrogens with one attached hydrogen (secondary N) is 2. The molecule has 114 valence electrons. The van der Waals surface area contributed by atoms with Gasteiger partial charge in [-0.3, -0.25) is 9.59 Å². The highest BCUT2D eigenvalue weighted by Gasteiger charge is 2.20. The molecular formula is C16H22N2O3. The van der Waals surface area contributed by atoms with Crippen LogP contribution in [0.1, 0.15) is 30.9 Å². The molecule has 1 fully saturated rings. The largest absolute Gasteiger partial charge is 0.376 e. The van der Waals surface area contributed by atoms with E-state index in [2.05, 4.69) is 10.6 Å². The van der Waals surface area contributed by atoms with Crippen LogP contribution in [0.3, 0.4) is 0 Å². The van der Waals surface area contributed by atoms with Crippen molar-refractivity contribution >= 4 is 17.5 Å². The smallest absolute Gasteiger partial charge is 0.313 e. The molecule has 1 heterocycles. The van der Waals surface area contributed by atoms with Crippen LogP contribution in [0.2, 0.25) is 0 Å². The molecule has 0 radical (unpaired) electrons. The number of rotatable bonds is 4. The third kappa shape index (κ3) is 4.04. The van der Waals surface area contributed by atoms with Crippen LogP contribution in [-0.4, -0.2) is 31.1 Å². The summed E-state index contributed by atoms with van der Waals surface area (Å²) in [6.45, 7) is 5.05. The van der Waals surface area contributed by atoms with Gasteiger partial charge in [-0.2, -0.15) is 0 Å². The maximum absolute atomic E-state index is 12.0. The molecular weight excluding hydrogens is 268 g/mol. The lowest BCUT2D eigenvalue weighted by atomic mass is 10.1. The van der Waals surface area contributed by atoms with Crippen LogP contribution in [0.5, 0.6) is 0 Å². The van der Waals surface area contributed by atoms with E-state index in [0.29, 0.717) is 6.54 Å². The highest BCUT2D eigenvalue weighted by molar-refractivity contribution is 6.39. The predicted molar refractivity (Wildman–Crippen MR) is 81.2 cm³/mol. The second kappa shape index (κ2) is 7.22. The number of hydrogen-bond acceptors (Lipinski definition) is 3. The fraction of sp³-hybridized carbons (Fsp3) is 0.500. The first-order valence-electron chi connectivity index (χ1n) is 7.41. The van der Waals surface area contributed by atoms with E-state index in [9.17, 15) is 9.59 Å². The van der Waals surface area contributed by atoms with Crippen LogP contribution in [0.25, 0.3) is 0 Å². The van der Waals surface area contributed by atoms with E-state index in [4.69, 9.17) is 4.74 Å². The average Bonchev–Trinajstić information content (AvgIpc) is 3.00. The Hall–Kier alpha value is -1.88. The topological polar surface area (TPSA) is 67.4 Å². The van der Waals surface area contributed by atoms with Crippen LogP contribution < -0.4 is 10.6 Å². The minimum atomic E-state index is -0.628. The molecule has 0 saturated carbocycles. The van der Waals surface area contributed by atoms with Crippen molar-refractivity contribution < 1.29 is 14.3 Å². The van der Waals surface area contributed by atoms with Crippen molar-refractivity contribution in [2.75, 3.05) is 18.5 Å². The lowest BCUT2D eigenvalue weighted by Crippen LogP contribution is -2.39. The van der Waals surface area contributed by atoms with Gasteiger partial charge in [-0.05, 0) is 37.3 Å². The molecule has 1 aromatic rings. The fourth-order valence-electron chi connectivity index (χ4n) is 2.46. The van der Waals surface area contributed by atoms with Crippen LogP contribution >= 0.6 is 0 Å². The second-order valence-electron chi connectivity index (χ2n) is 5.26. The number of carbonyl (C=O) groups excluding carboxylic acids is 2. The zero-order chi connectivity index (χ0) is 15.2. The molecule has 2 rings (SSSR count). The fourth-order valence-corrected chi connectivity index (χ4v) is 2.46.